The van der Waals surface area contributed by atoms with Crippen molar-refractivity contribution >= 4 is 0 Å². The van der Waals surface area contributed by atoms with E-state index in [1.165, 1.54) is 6.42 Å². The van der Waals surface area contributed by atoms with E-state index in [2.05, 4.69) is 26.0 Å². The zero-order valence-electron chi connectivity index (χ0n) is 7.75. The Kier molecular flexibility index (Phi) is 1.97. The molecule has 1 spiro atoms. The molecule has 0 aromatic carbocycles. The quantitative estimate of drug-likeness (QED) is 0.516. The van der Waals surface area contributed by atoms with Crippen LogP contribution in [0.5, 0.6) is 0 Å². The van der Waals surface area contributed by atoms with Crippen molar-refractivity contribution in [3.05, 3.63) is 12.2 Å². The van der Waals surface area contributed by atoms with Crippen LogP contribution in [0.15, 0.2) is 12.2 Å². The summed E-state index contributed by atoms with van der Waals surface area (Å²) in [7, 11) is 0. The van der Waals surface area contributed by atoms with Crippen molar-refractivity contribution in [3.63, 3.8) is 0 Å². The Bertz CT molecular complexity index is 188. The van der Waals surface area contributed by atoms with Crippen LogP contribution in [0.3, 0.4) is 0 Å². The van der Waals surface area contributed by atoms with E-state index in [4.69, 9.17) is 9.47 Å². The molecule has 2 heteroatoms. The highest BCUT2D eigenvalue weighted by atomic mass is 16.8. The van der Waals surface area contributed by atoms with Gasteiger partial charge in [0, 0.05) is 6.42 Å². The molecular weight excluding hydrogens is 152 g/mol. The second-order valence-corrected chi connectivity index (χ2v) is 3.75. The van der Waals surface area contributed by atoms with Gasteiger partial charge in [0.25, 0.3) is 0 Å². The predicted octanol–water partition coefficient (Wildman–Crippen LogP) is 2.25. The van der Waals surface area contributed by atoms with Crippen molar-refractivity contribution in [3.8, 4) is 0 Å². The van der Waals surface area contributed by atoms with Crippen LogP contribution in [0.4, 0.5) is 0 Å². The molecule has 0 radical (unpaired) electrons. The van der Waals surface area contributed by atoms with E-state index in [1.807, 2.05) is 0 Å². The summed E-state index contributed by atoms with van der Waals surface area (Å²) < 4.78 is 11.6. The van der Waals surface area contributed by atoms with Crippen LogP contribution >= 0.6 is 0 Å². The van der Waals surface area contributed by atoms with Crippen LogP contribution in [0, 0.1) is 0 Å². The third kappa shape index (κ3) is 1.29. The van der Waals surface area contributed by atoms with Gasteiger partial charge in [-0.1, -0.05) is 6.08 Å². The molecule has 2 rings (SSSR count). The van der Waals surface area contributed by atoms with E-state index in [-0.39, 0.29) is 18.0 Å². The second-order valence-electron chi connectivity index (χ2n) is 3.75. The molecule has 2 aliphatic rings. The Morgan fingerprint density at radius 3 is 2.42 bits per heavy atom. The maximum absolute atomic E-state index is 5.79. The number of rotatable bonds is 0. The molecule has 68 valence electrons. The summed E-state index contributed by atoms with van der Waals surface area (Å²) in [4.78, 5) is 0. The average Bonchev–Trinajstić information content (AvgIpc) is 2.29. The maximum Gasteiger partial charge on any atom is 0.188 e. The Hall–Kier alpha value is -0.340. The minimum absolute atomic E-state index is 0.229. The lowest BCUT2D eigenvalue weighted by Gasteiger charge is -2.27. The van der Waals surface area contributed by atoms with Gasteiger partial charge in [0.05, 0.1) is 12.2 Å². The van der Waals surface area contributed by atoms with Gasteiger partial charge < -0.3 is 9.47 Å². The zero-order valence-corrected chi connectivity index (χ0v) is 7.75. The van der Waals surface area contributed by atoms with E-state index in [0.717, 1.165) is 12.8 Å². The summed E-state index contributed by atoms with van der Waals surface area (Å²) in [5.74, 6) is -0.364. The zero-order chi connectivity index (χ0) is 8.60. The third-order valence-corrected chi connectivity index (χ3v) is 2.70. The minimum Gasteiger partial charge on any atom is -0.341 e. The minimum atomic E-state index is -0.364. The average molecular weight is 168 g/mol. The van der Waals surface area contributed by atoms with Crippen molar-refractivity contribution in [1.29, 1.82) is 0 Å². The highest BCUT2D eigenvalue weighted by Crippen LogP contribution is 2.36. The van der Waals surface area contributed by atoms with Gasteiger partial charge in [-0.15, -0.1) is 0 Å². The lowest BCUT2D eigenvalue weighted by molar-refractivity contribution is -0.142. The summed E-state index contributed by atoms with van der Waals surface area (Å²) >= 11 is 0. The molecule has 1 saturated heterocycles. The number of hydrogen-bond acceptors (Lipinski definition) is 2. The van der Waals surface area contributed by atoms with Crippen LogP contribution < -0.4 is 0 Å². The Labute approximate surface area is 73.5 Å². The second kappa shape index (κ2) is 2.86. The molecule has 2 atom stereocenters. The third-order valence-electron chi connectivity index (χ3n) is 2.70. The fraction of sp³-hybridized carbons (Fsp3) is 0.800. The normalized spacial score (nSPS) is 39.2. The predicted molar refractivity (Wildman–Crippen MR) is 46.8 cm³/mol. The Balaban J connectivity index is 2.12. The molecule has 2 nitrogen and oxygen atoms in total. The fourth-order valence-corrected chi connectivity index (χ4v) is 1.86. The summed E-state index contributed by atoms with van der Waals surface area (Å²) in [6.07, 6.45) is 8.05. The summed E-state index contributed by atoms with van der Waals surface area (Å²) in [6.45, 7) is 4.14. The van der Waals surface area contributed by atoms with Crippen LogP contribution in [-0.2, 0) is 9.47 Å². The van der Waals surface area contributed by atoms with Gasteiger partial charge in [0.2, 0.25) is 0 Å². The number of hydrogen-bond donors (Lipinski definition) is 0. The molecule has 1 aliphatic heterocycles. The molecule has 0 saturated carbocycles. The molecule has 1 heterocycles. The van der Waals surface area contributed by atoms with Crippen molar-refractivity contribution in [2.75, 3.05) is 0 Å². The molecule has 0 N–H and O–H groups in total. The highest BCUT2D eigenvalue weighted by Gasteiger charge is 2.42. The number of ether oxygens (including phenoxy) is 2. The van der Waals surface area contributed by atoms with Gasteiger partial charge in [-0.2, -0.15) is 0 Å². The topological polar surface area (TPSA) is 18.5 Å². The van der Waals surface area contributed by atoms with Gasteiger partial charge in [-0.05, 0) is 32.8 Å². The molecule has 1 aliphatic carbocycles. The molecule has 0 aromatic heterocycles. The molecule has 1 fully saturated rings. The lowest BCUT2D eigenvalue weighted by atomic mass is 10.0. The van der Waals surface area contributed by atoms with E-state index in [9.17, 15) is 0 Å². The lowest BCUT2D eigenvalue weighted by Crippen LogP contribution is -2.29. The first-order chi connectivity index (χ1) is 5.72. The van der Waals surface area contributed by atoms with E-state index < -0.39 is 0 Å². The van der Waals surface area contributed by atoms with Gasteiger partial charge >= 0.3 is 0 Å². The van der Waals surface area contributed by atoms with Crippen molar-refractivity contribution < 1.29 is 9.47 Å². The molecule has 0 bridgehead atoms. The largest absolute Gasteiger partial charge is 0.341 e. The van der Waals surface area contributed by atoms with Crippen LogP contribution in [0.1, 0.15) is 33.1 Å². The monoisotopic (exact) mass is 168 g/mol. The van der Waals surface area contributed by atoms with E-state index in [0.29, 0.717) is 0 Å². The molecule has 0 amide bonds. The van der Waals surface area contributed by atoms with E-state index in [1.54, 1.807) is 0 Å². The van der Waals surface area contributed by atoms with Gasteiger partial charge in [0.15, 0.2) is 5.79 Å². The molecular formula is C10H16O2. The molecule has 12 heavy (non-hydrogen) atoms. The van der Waals surface area contributed by atoms with Crippen LogP contribution in [0.2, 0.25) is 0 Å². The summed E-state index contributed by atoms with van der Waals surface area (Å²) in [5.41, 5.74) is 0. The van der Waals surface area contributed by atoms with Gasteiger partial charge in [-0.25, -0.2) is 0 Å². The highest BCUT2D eigenvalue weighted by molar-refractivity contribution is 5.03. The molecule has 0 unspecified atom stereocenters. The Morgan fingerprint density at radius 1 is 1.25 bits per heavy atom. The smallest absolute Gasteiger partial charge is 0.188 e. The SMILES string of the molecule is C[C@@H]1OC2(C=CCCC2)O[C@H]1C. The van der Waals surface area contributed by atoms with Crippen LogP contribution in [-0.4, -0.2) is 18.0 Å². The Morgan fingerprint density at radius 2 is 1.92 bits per heavy atom. The summed E-state index contributed by atoms with van der Waals surface area (Å²) in [6, 6.07) is 0. The number of allylic oxidation sites excluding steroid dienone is 1. The fourth-order valence-electron chi connectivity index (χ4n) is 1.86. The first kappa shape index (κ1) is 8.27. The van der Waals surface area contributed by atoms with Crippen LogP contribution in [0.25, 0.3) is 0 Å². The standard InChI is InChI=1S/C10H16O2/c1-8-9(2)12-10(11-8)6-4-3-5-7-10/h4,6,8-9H,3,5,7H2,1-2H3/t8-,9-/m0/s1. The first-order valence-corrected chi connectivity index (χ1v) is 4.75. The van der Waals surface area contributed by atoms with Crippen molar-refractivity contribution in [2.24, 2.45) is 0 Å². The maximum atomic E-state index is 5.79. The van der Waals surface area contributed by atoms with E-state index >= 15 is 0 Å². The molecule has 0 aromatic rings. The van der Waals surface area contributed by atoms with Crippen molar-refractivity contribution in [2.45, 2.75) is 51.1 Å². The first-order valence-electron chi connectivity index (χ1n) is 4.75. The van der Waals surface area contributed by atoms with Crippen molar-refractivity contribution in [1.82, 2.24) is 0 Å². The summed E-state index contributed by atoms with van der Waals surface area (Å²) in [5, 5.41) is 0. The van der Waals surface area contributed by atoms with Gasteiger partial charge in [0.1, 0.15) is 0 Å². The van der Waals surface area contributed by atoms with Gasteiger partial charge in [-0.3, -0.25) is 0 Å².